The van der Waals surface area contributed by atoms with Gasteiger partial charge in [-0.3, -0.25) is 0 Å². The first kappa shape index (κ1) is 34.5. The van der Waals surface area contributed by atoms with E-state index in [2.05, 4.69) is 128 Å². The van der Waals surface area contributed by atoms with Crippen LogP contribution in [0.5, 0.6) is 0 Å². The summed E-state index contributed by atoms with van der Waals surface area (Å²) < 4.78 is 17.7. The largest absolute Gasteiger partial charge is 0.309 e. The molecule has 0 saturated heterocycles. The van der Waals surface area contributed by atoms with Crippen molar-refractivity contribution in [2.75, 3.05) is 0 Å². The molecule has 0 amide bonds. The van der Waals surface area contributed by atoms with Gasteiger partial charge in [-0.05, 0) is 64.2 Å². The number of hydrogen-bond acceptors (Lipinski definition) is 4. The van der Waals surface area contributed by atoms with Crippen LogP contribution in [0.15, 0.2) is 199 Å². The Balaban J connectivity index is 1.04. The zero-order chi connectivity index (χ0) is 38.1. The summed E-state index contributed by atoms with van der Waals surface area (Å²) in [5, 5.41) is 6.48. The van der Waals surface area contributed by atoms with Crippen molar-refractivity contribution in [3.63, 3.8) is 0 Å². The number of rotatable bonds is 6. The minimum absolute atomic E-state index is 0.0582. The number of fused-ring (bicyclic) bond motifs is 8. The van der Waals surface area contributed by atoms with Crippen molar-refractivity contribution in [1.29, 1.82) is 0 Å². The SMILES string of the molecule is CC12C=CC=C(c3ccc4nc(-c5cccc(-c6cccc(P(=O)(c7ccccc7)c7ccccc7)c6)c5)c5sc6ccccc6c5c4c3)C1Sc1ccccc12. The van der Waals surface area contributed by atoms with Crippen LogP contribution < -0.4 is 15.9 Å². The first-order valence-electron chi connectivity index (χ1n) is 19.3. The van der Waals surface area contributed by atoms with Crippen LogP contribution in [0.3, 0.4) is 0 Å². The van der Waals surface area contributed by atoms with E-state index in [0.29, 0.717) is 5.25 Å². The number of allylic oxidation sites excluding steroid dienone is 3. The lowest BCUT2D eigenvalue weighted by Gasteiger charge is -2.33. The monoisotopic (exact) mass is 785 g/mol. The predicted molar refractivity (Wildman–Crippen MR) is 245 cm³/mol. The minimum atomic E-state index is -3.13. The van der Waals surface area contributed by atoms with E-state index in [4.69, 9.17) is 4.98 Å². The Morgan fingerprint density at radius 3 is 2.07 bits per heavy atom. The highest BCUT2D eigenvalue weighted by atomic mass is 32.2. The Morgan fingerprint density at radius 1 is 0.596 bits per heavy atom. The van der Waals surface area contributed by atoms with Crippen LogP contribution in [-0.2, 0) is 9.98 Å². The summed E-state index contributed by atoms with van der Waals surface area (Å²) in [6, 6.07) is 61.3. The molecule has 0 saturated carbocycles. The van der Waals surface area contributed by atoms with Crippen LogP contribution in [-0.4, -0.2) is 10.2 Å². The molecule has 0 spiro atoms. The van der Waals surface area contributed by atoms with Crippen molar-refractivity contribution in [1.82, 2.24) is 4.98 Å². The summed E-state index contributed by atoms with van der Waals surface area (Å²) in [4.78, 5) is 6.84. The molecular formula is C52H36NOPS2. The Bertz CT molecular complexity index is 3120. The third-order valence-corrected chi connectivity index (χ3v) is 17.6. The average molecular weight is 786 g/mol. The van der Waals surface area contributed by atoms with E-state index >= 15 is 4.57 Å². The normalized spacial score (nSPS) is 17.5. The van der Waals surface area contributed by atoms with Crippen molar-refractivity contribution in [2.45, 2.75) is 22.5 Å². The minimum Gasteiger partial charge on any atom is -0.309 e. The van der Waals surface area contributed by atoms with Gasteiger partial charge in [0.1, 0.15) is 0 Å². The lowest BCUT2D eigenvalue weighted by atomic mass is 9.73. The van der Waals surface area contributed by atoms with Crippen LogP contribution in [0.25, 0.3) is 59.0 Å². The maximum absolute atomic E-state index is 15.3. The Morgan fingerprint density at radius 2 is 1.26 bits per heavy atom. The quantitative estimate of drug-likeness (QED) is 0.157. The zero-order valence-electron chi connectivity index (χ0n) is 31.2. The van der Waals surface area contributed by atoms with Crippen LogP contribution in [0, 0.1) is 0 Å². The maximum atomic E-state index is 15.3. The first-order chi connectivity index (χ1) is 28.0. The number of aromatic nitrogens is 1. The van der Waals surface area contributed by atoms with E-state index in [0.717, 1.165) is 43.8 Å². The highest BCUT2D eigenvalue weighted by molar-refractivity contribution is 8.00. The molecule has 2 aliphatic rings. The summed E-state index contributed by atoms with van der Waals surface area (Å²) in [5.41, 5.74) is 9.08. The number of nitrogens with zero attached hydrogens (tertiary/aromatic N) is 1. The molecule has 11 rings (SSSR count). The topological polar surface area (TPSA) is 30.0 Å². The third-order valence-electron chi connectivity index (χ3n) is 11.8. The molecule has 2 unspecified atom stereocenters. The Labute approximate surface area is 340 Å². The van der Waals surface area contributed by atoms with Gasteiger partial charge in [-0.2, -0.15) is 0 Å². The van der Waals surface area contributed by atoms with Gasteiger partial charge in [-0.1, -0.05) is 165 Å². The van der Waals surface area contributed by atoms with Crippen molar-refractivity contribution < 1.29 is 4.57 Å². The standard InChI is InChI=1S/C52H36NOPS2/c1-52-30-14-24-41(51(52)57-47-27-11-9-25-44(47)52)36-28-29-45-43(33-36)48-42-23-8-10-26-46(42)56-50(48)49(53-45)37-17-12-15-34(31-37)35-16-13-22-40(32-35)55(54,38-18-4-2-5-19-38)39-20-6-3-7-21-39/h2-33,51H,1H3. The molecule has 2 nitrogen and oxygen atoms in total. The van der Waals surface area contributed by atoms with Gasteiger partial charge in [0, 0.05) is 57.9 Å². The molecule has 2 aromatic heterocycles. The highest BCUT2D eigenvalue weighted by Gasteiger charge is 2.45. The molecule has 57 heavy (non-hydrogen) atoms. The molecule has 3 heterocycles. The number of thioether (sulfide) groups is 1. The van der Waals surface area contributed by atoms with E-state index < -0.39 is 7.14 Å². The van der Waals surface area contributed by atoms with Gasteiger partial charge < -0.3 is 4.57 Å². The highest BCUT2D eigenvalue weighted by Crippen LogP contribution is 2.56. The van der Waals surface area contributed by atoms with E-state index in [9.17, 15) is 0 Å². The molecule has 9 aromatic rings. The lowest BCUT2D eigenvalue weighted by molar-refractivity contribution is 0.592. The summed E-state index contributed by atoms with van der Waals surface area (Å²) in [7, 11) is -3.13. The molecule has 7 aromatic carbocycles. The van der Waals surface area contributed by atoms with Gasteiger partial charge >= 0.3 is 0 Å². The summed E-state index contributed by atoms with van der Waals surface area (Å²) in [6.45, 7) is 2.38. The molecule has 1 aliphatic heterocycles. The van der Waals surface area contributed by atoms with Crippen LogP contribution in [0.2, 0.25) is 0 Å². The summed E-state index contributed by atoms with van der Waals surface area (Å²) >= 11 is 3.80. The number of benzene rings is 7. The van der Waals surface area contributed by atoms with Crippen molar-refractivity contribution in [3.8, 4) is 22.4 Å². The average Bonchev–Trinajstić information content (AvgIpc) is 3.82. The molecule has 0 fully saturated rings. The molecule has 0 N–H and O–H groups in total. The number of hydrogen-bond donors (Lipinski definition) is 0. The number of pyridine rings is 1. The second kappa shape index (κ2) is 13.4. The first-order valence-corrected chi connectivity index (χ1v) is 22.7. The van der Waals surface area contributed by atoms with Gasteiger partial charge in [0.2, 0.25) is 0 Å². The van der Waals surface area contributed by atoms with E-state index in [1.807, 2.05) is 95.9 Å². The van der Waals surface area contributed by atoms with Gasteiger partial charge in [0.05, 0.1) is 15.9 Å². The molecular weight excluding hydrogens is 750 g/mol. The van der Waals surface area contributed by atoms with Gasteiger partial charge in [0.15, 0.2) is 7.14 Å². The summed E-state index contributed by atoms with van der Waals surface area (Å²) in [6.07, 6.45) is 6.95. The van der Waals surface area contributed by atoms with Gasteiger partial charge in [-0.25, -0.2) is 4.98 Å². The maximum Gasteiger partial charge on any atom is 0.171 e. The molecule has 0 radical (unpaired) electrons. The third kappa shape index (κ3) is 5.46. The predicted octanol–water partition coefficient (Wildman–Crippen LogP) is 13.0. The molecule has 0 bridgehead atoms. The van der Waals surface area contributed by atoms with Gasteiger partial charge in [-0.15, -0.1) is 23.1 Å². The molecule has 5 heteroatoms. The Hall–Kier alpha value is -5.77. The number of thiophene rings is 1. The van der Waals surface area contributed by atoms with Crippen molar-refractivity contribution in [3.05, 3.63) is 205 Å². The zero-order valence-corrected chi connectivity index (χ0v) is 33.7. The van der Waals surface area contributed by atoms with E-state index in [-0.39, 0.29) is 5.41 Å². The van der Waals surface area contributed by atoms with Crippen LogP contribution in [0.1, 0.15) is 18.1 Å². The van der Waals surface area contributed by atoms with Crippen LogP contribution in [0.4, 0.5) is 0 Å². The molecule has 272 valence electrons. The summed E-state index contributed by atoms with van der Waals surface area (Å²) in [5.74, 6) is 0. The second-order valence-electron chi connectivity index (χ2n) is 15.2. The second-order valence-corrected chi connectivity index (χ2v) is 20.1. The lowest BCUT2D eigenvalue weighted by Crippen LogP contribution is -2.31. The van der Waals surface area contributed by atoms with E-state index in [1.165, 1.54) is 47.2 Å². The smallest absolute Gasteiger partial charge is 0.171 e. The fourth-order valence-corrected chi connectivity index (χ4v) is 14.5. The van der Waals surface area contributed by atoms with Crippen LogP contribution >= 0.6 is 30.2 Å². The van der Waals surface area contributed by atoms with Gasteiger partial charge in [0.25, 0.3) is 0 Å². The Kier molecular flexibility index (Phi) is 8.12. The fourth-order valence-electron chi connectivity index (χ4n) is 8.97. The van der Waals surface area contributed by atoms with E-state index in [1.54, 1.807) is 0 Å². The van der Waals surface area contributed by atoms with Crippen molar-refractivity contribution in [2.24, 2.45) is 0 Å². The van der Waals surface area contributed by atoms with Crippen molar-refractivity contribution >= 4 is 82.8 Å². The molecule has 2 atom stereocenters. The molecule has 1 aliphatic carbocycles. The fraction of sp³-hybridized carbons (Fsp3) is 0.0577.